The van der Waals surface area contributed by atoms with Crippen LogP contribution in [0.5, 0.6) is 0 Å². The van der Waals surface area contributed by atoms with Gasteiger partial charge < -0.3 is 9.74 Å². The molecule has 3 heteroatoms. The van der Waals surface area contributed by atoms with Crippen LogP contribution in [0.1, 0.15) is 47.5 Å². The molecule has 0 amide bonds. The van der Waals surface area contributed by atoms with Crippen LogP contribution in [0.15, 0.2) is 0 Å². The highest BCUT2D eigenvalue weighted by Crippen LogP contribution is 2.27. The molecule has 0 aromatic heterocycles. The minimum absolute atomic E-state index is 0.0377. The Morgan fingerprint density at radius 1 is 1.21 bits per heavy atom. The lowest BCUT2D eigenvalue weighted by Crippen LogP contribution is -2.46. The molecule has 0 aliphatic carbocycles. The highest BCUT2D eigenvalue weighted by molar-refractivity contribution is 6.31. The van der Waals surface area contributed by atoms with Gasteiger partial charge in [-0.05, 0) is 38.3 Å². The third-order valence-electron chi connectivity index (χ3n) is 2.78. The van der Waals surface area contributed by atoms with Crippen LogP contribution >= 0.6 is 0 Å². The molecule has 84 valence electrons. The summed E-state index contributed by atoms with van der Waals surface area (Å²) in [6, 6.07) is 0.567. The summed E-state index contributed by atoms with van der Waals surface area (Å²) in [4.78, 5) is 0. The maximum atomic E-state index is 6.15. The fourth-order valence-electron chi connectivity index (χ4n) is 1.78. The Labute approximate surface area is 90.7 Å². The van der Waals surface area contributed by atoms with Crippen molar-refractivity contribution in [3.05, 3.63) is 0 Å². The molecule has 0 radical (unpaired) electrons. The predicted molar refractivity (Wildman–Crippen MR) is 64.4 cm³/mol. The van der Waals surface area contributed by atoms with Crippen LogP contribution < -0.4 is 5.32 Å². The van der Waals surface area contributed by atoms with Crippen molar-refractivity contribution in [2.24, 2.45) is 0 Å². The lowest BCUT2D eigenvalue weighted by Gasteiger charge is -2.35. The SMILES string of the molecule is CC(C)(C)[SiH2]OC(C)(C)C1CCCN1. The van der Waals surface area contributed by atoms with Crippen molar-refractivity contribution in [3.63, 3.8) is 0 Å². The van der Waals surface area contributed by atoms with Crippen molar-refractivity contribution >= 4 is 9.76 Å². The molecule has 1 aliphatic rings. The van der Waals surface area contributed by atoms with Gasteiger partial charge >= 0.3 is 0 Å². The summed E-state index contributed by atoms with van der Waals surface area (Å²) in [7, 11) is -0.428. The molecule has 2 nitrogen and oxygen atoms in total. The fraction of sp³-hybridized carbons (Fsp3) is 1.00. The van der Waals surface area contributed by atoms with Crippen molar-refractivity contribution in [2.45, 2.75) is 64.1 Å². The monoisotopic (exact) mass is 215 g/mol. The van der Waals surface area contributed by atoms with Crippen LogP contribution in [0.3, 0.4) is 0 Å². The maximum Gasteiger partial charge on any atom is 0.167 e. The molecule has 0 spiro atoms. The van der Waals surface area contributed by atoms with Crippen molar-refractivity contribution in [1.82, 2.24) is 5.32 Å². The largest absolute Gasteiger partial charge is 0.417 e. The molecular weight excluding hydrogens is 190 g/mol. The predicted octanol–water partition coefficient (Wildman–Crippen LogP) is 1.84. The molecule has 1 aliphatic heterocycles. The summed E-state index contributed by atoms with van der Waals surface area (Å²) in [5, 5.41) is 3.93. The van der Waals surface area contributed by atoms with Gasteiger partial charge in [-0.2, -0.15) is 0 Å². The smallest absolute Gasteiger partial charge is 0.167 e. The van der Waals surface area contributed by atoms with E-state index in [4.69, 9.17) is 4.43 Å². The van der Waals surface area contributed by atoms with Gasteiger partial charge in [-0.25, -0.2) is 0 Å². The Morgan fingerprint density at radius 2 is 1.86 bits per heavy atom. The minimum atomic E-state index is -0.428. The summed E-state index contributed by atoms with van der Waals surface area (Å²) in [6.45, 7) is 12.4. The average molecular weight is 215 g/mol. The van der Waals surface area contributed by atoms with Gasteiger partial charge in [-0.15, -0.1) is 0 Å². The Bertz CT molecular complexity index is 180. The van der Waals surface area contributed by atoms with Crippen LogP contribution in [0.2, 0.25) is 5.04 Å². The van der Waals surface area contributed by atoms with Gasteiger partial charge in [0.2, 0.25) is 0 Å². The summed E-state index contributed by atoms with van der Waals surface area (Å²) in [5.41, 5.74) is 0.0377. The van der Waals surface area contributed by atoms with E-state index in [0.717, 1.165) is 6.54 Å². The summed E-state index contributed by atoms with van der Waals surface area (Å²) in [5.74, 6) is 0. The van der Waals surface area contributed by atoms with Gasteiger partial charge in [-0.1, -0.05) is 20.8 Å². The van der Waals surface area contributed by atoms with Gasteiger partial charge in [0.1, 0.15) is 0 Å². The minimum Gasteiger partial charge on any atom is -0.417 e. The van der Waals surface area contributed by atoms with Gasteiger partial charge in [0.05, 0.1) is 5.60 Å². The van der Waals surface area contributed by atoms with Crippen molar-refractivity contribution in [2.75, 3.05) is 6.54 Å². The molecule has 14 heavy (non-hydrogen) atoms. The van der Waals surface area contributed by atoms with E-state index in [9.17, 15) is 0 Å². The lowest BCUT2D eigenvalue weighted by molar-refractivity contribution is 0.0720. The first-order chi connectivity index (χ1) is 6.31. The van der Waals surface area contributed by atoms with Gasteiger partial charge in [-0.3, -0.25) is 0 Å². The first-order valence-electron chi connectivity index (χ1n) is 5.69. The Morgan fingerprint density at radius 3 is 2.29 bits per heavy atom. The van der Waals surface area contributed by atoms with E-state index < -0.39 is 9.76 Å². The van der Waals surface area contributed by atoms with E-state index in [1.54, 1.807) is 0 Å². The second-order valence-corrected chi connectivity index (χ2v) is 8.80. The van der Waals surface area contributed by atoms with E-state index in [0.29, 0.717) is 11.1 Å². The molecule has 1 fully saturated rings. The normalized spacial score (nSPS) is 25.1. The molecule has 0 bridgehead atoms. The molecular formula is C11H25NOSi. The Kier molecular flexibility index (Phi) is 3.78. The summed E-state index contributed by atoms with van der Waals surface area (Å²) < 4.78 is 6.15. The van der Waals surface area contributed by atoms with Crippen molar-refractivity contribution in [3.8, 4) is 0 Å². The molecule has 1 N–H and O–H groups in total. The van der Waals surface area contributed by atoms with Crippen LogP contribution in [0.25, 0.3) is 0 Å². The molecule has 1 saturated heterocycles. The average Bonchev–Trinajstić information content (AvgIpc) is 2.52. The zero-order valence-corrected chi connectivity index (χ0v) is 11.7. The highest BCUT2D eigenvalue weighted by Gasteiger charge is 2.33. The zero-order valence-electron chi connectivity index (χ0n) is 10.3. The fourth-order valence-corrected chi connectivity index (χ4v) is 2.79. The first-order valence-corrected chi connectivity index (χ1v) is 6.97. The van der Waals surface area contributed by atoms with E-state index in [-0.39, 0.29) is 5.60 Å². The number of hydrogen-bond donors (Lipinski definition) is 1. The first kappa shape index (κ1) is 12.2. The lowest BCUT2D eigenvalue weighted by atomic mass is 9.98. The van der Waals surface area contributed by atoms with Crippen LogP contribution in [0, 0.1) is 0 Å². The quantitative estimate of drug-likeness (QED) is 0.725. The van der Waals surface area contributed by atoms with Crippen LogP contribution in [-0.2, 0) is 4.43 Å². The van der Waals surface area contributed by atoms with Crippen molar-refractivity contribution in [1.29, 1.82) is 0 Å². The molecule has 0 saturated carbocycles. The summed E-state index contributed by atoms with van der Waals surface area (Å²) >= 11 is 0. The summed E-state index contributed by atoms with van der Waals surface area (Å²) in [6.07, 6.45) is 2.57. The second-order valence-electron chi connectivity index (χ2n) is 6.10. The highest BCUT2D eigenvalue weighted by atomic mass is 28.2. The molecule has 1 atom stereocenters. The van der Waals surface area contributed by atoms with E-state index in [2.05, 4.69) is 39.9 Å². The van der Waals surface area contributed by atoms with E-state index >= 15 is 0 Å². The topological polar surface area (TPSA) is 21.3 Å². The van der Waals surface area contributed by atoms with Gasteiger partial charge in [0.15, 0.2) is 9.76 Å². The third kappa shape index (κ3) is 3.71. The van der Waals surface area contributed by atoms with Crippen LogP contribution in [-0.4, -0.2) is 28.0 Å². The third-order valence-corrected chi connectivity index (χ3v) is 4.53. The molecule has 0 aromatic carbocycles. The van der Waals surface area contributed by atoms with Crippen LogP contribution in [0.4, 0.5) is 0 Å². The Balaban J connectivity index is 2.40. The maximum absolute atomic E-state index is 6.15. The number of nitrogens with one attached hydrogen (secondary N) is 1. The van der Waals surface area contributed by atoms with E-state index in [1.165, 1.54) is 12.8 Å². The van der Waals surface area contributed by atoms with Crippen molar-refractivity contribution < 1.29 is 4.43 Å². The number of rotatable bonds is 3. The Hall–Kier alpha value is 0.137. The van der Waals surface area contributed by atoms with Gasteiger partial charge in [0, 0.05) is 6.04 Å². The van der Waals surface area contributed by atoms with E-state index in [1.807, 2.05) is 0 Å². The number of hydrogen-bond acceptors (Lipinski definition) is 2. The second kappa shape index (κ2) is 4.33. The zero-order chi connectivity index (χ0) is 10.8. The molecule has 0 aromatic rings. The molecule has 1 rings (SSSR count). The standard InChI is InChI=1S/C11H25NOSi/c1-10(2,3)14-13-11(4,5)9-7-6-8-12-9/h9,12H,6-8,14H2,1-5H3. The molecule has 1 heterocycles. The van der Waals surface area contributed by atoms with Gasteiger partial charge in [0.25, 0.3) is 0 Å². The molecule has 1 unspecified atom stereocenters.